The first-order valence-corrected chi connectivity index (χ1v) is 7.33. The van der Waals surface area contributed by atoms with Gasteiger partial charge in [-0.05, 0) is 39.7 Å². The summed E-state index contributed by atoms with van der Waals surface area (Å²) in [7, 11) is 0. The first kappa shape index (κ1) is 13.0. The lowest BCUT2D eigenvalue weighted by Crippen LogP contribution is -2.49. The average molecular weight is 254 g/mol. The monoisotopic (exact) mass is 254 g/mol. The second kappa shape index (κ2) is 5.46. The van der Waals surface area contributed by atoms with E-state index >= 15 is 0 Å². The molecule has 17 heavy (non-hydrogen) atoms. The molecule has 0 aromatic carbocycles. The number of nitrogens with one attached hydrogen (secondary N) is 1. The van der Waals surface area contributed by atoms with Gasteiger partial charge in [0.2, 0.25) is 0 Å². The maximum atomic E-state index is 5.68. The Morgan fingerprint density at radius 1 is 1.65 bits per heavy atom. The second-order valence-corrected chi connectivity index (χ2v) is 5.80. The highest BCUT2D eigenvalue weighted by Gasteiger charge is 2.38. The zero-order valence-electron chi connectivity index (χ0n) is 11.0. The Labute approximate surface area is 108 Å². The highest BCUT2D eigenvalue weighted by molar-refractivity contribution is 7.09. The third-order valence-electron chi connectivity index (χ3n) is 3.31. The van der Waals surface area contributed by atoms with E-state index in [9.17, 15) is 0 Å². The molecular weight excluding hydrogens is 232 g/mol. The van der Waals surface area contributed by atoms with Gasteiger partial charge in [0.1, 0.15) is 5.01 Å². The average Bonchev–Trinajstić information content (AvgIpc) is 2.74. The summed E-state index contributed by atoms with van der Waals surface area (Å²) in [5, 5.41) is 7.09. The van der Waals surface area contributed by atoms with E-state index < -0.39 is 0 Å². The van der Waals surface area contributed by atoms with Crippen molar-refractivity contribution in [3.05, 3.63) is 16.1 Å². The van der Waals surface area contributed by atoms with Crippen LogP contribution in [0.3, 0.4) is 0 Å². The molecule has 1 aliphatic heterocycles. The smallest absolute Gasteiger partial charge is 0.113 e. The third-order valence-corrected chi connectivity index (χ3v) is 4.47. The number of nitrogens with zero attached hydrogens (tertiary/aromatic N) is 1. The molecule has 1 aliphatic rings. The Balaban J connectivity index is 2.22. The predicted molar refractivity (Wildman–Crippen MR) is 71.5 cm³/mol. The first-order chi connectivity index (χ1) is 8.16. The van der Waals surface area contributed by atoms with Gasteiger partial charge in [-0.15, -0.1) is 11.3 Å². The normalized spacial score (nSPS) is 29.5. The van der Waals surface area contributed by atoms with E-state index in [1.54, 1.807) is 11.3 Å². The Kier molecular flexibility index (Phi) is 4.17. The molecule has 4 heteroatoms. The predicted octanol–water partition coefficient (Wildman–Crippen LogP) is 2.85. The van der Waals surface area contributed by atoms with Crippen molar-refractivity contribution >= 4 is 11.3 Å². The van der Waals surface area contributed by atoms with E-state index in [1.807, 2.05) is 0 Å². The molecule has 0 radical (unpaired) electrons. The van der Waals surface area contributed by atoms with E-state index in [4.69, 9.17) is 9.72 Å². The molecule has 1 saturated heterocycles. The fraction of sp³-hybridized carbons (Fsp3) is 0.769. The molecule has 0 aliphatic carbocycles. The third kappa shape index (κ3) is 2.87. The molecule has 1 N–H and O–H groups in total. The highest BCUT2D eigenvalue weighted by atomic mass is 32.1. The van der Waals surface area contributed by atoms with Gasteiger partial charge in [-0.3, -0.25) is 0 Å². The minimum absolute atomic E-state index is 0.0482. The van der Waals surface area contributed by atoms with Crippen LogP contribution in [0, 0.1) is 6.92 Å². The summed E-state index contributed by atoms with van der Waals surface area (Å²) in [5.74, 6) is 0. The second-order valence-electron chi connectivity index (χ2n) is 4.94. The van der Waals surface area contributed by atoms with E-state index in [0.29, 0.717) is 6.10 Å². The number of hydrogen-bond acceptors (Lipinski definition) is 4. The van der Waals surface area contributed by atoms with Gasteiger partial charge in [0.15, 0.2) is 0 Å². The molecule has 0 amide bonds. The van der Waals surface area contributed by atoms with Crippen LogP contribution < -0.4 is 5.32 Å². The lowest BCUT2D eigenvalue weighted by Gasteiger charge is -2.39. The quantitative estimate of drug-likeness (QED) is 0.897. The van der Waals surface area contributed by atoms with Crippen molar-refractivity contribution in [2.75, 3.05) is 13.2 Å². The molecule has 2 rings (SSSR count). The molecular formula is C13H22N2OS. The van der Waals surface area contributed by atoms with Crippen LogP contribution in [0.4, 0.5) is 0 Å². The summed E-state index contributed by atoms with van der Waals surface area (Å²) in [6.45, 7) is 8.30. The summed E-state index contributed by atoms with van der Waals surface area (Å²) < 4.78 is 5.68. The van der Waals surface area contributed by atoms with Gasteiger partial charge in [-0.1, -0.05) is 6.92 Å². The van der Waals surface area contributed by atoms with Crippen molar-refractivity contribution in [3.63, 3.8) is 0 Å². The van der Waals surface area contributed by atoms with Crippen molar-refractivity contribution in [1.29, 1.82) is 0 Å². The van der Waals surface area contributed by atoms with Crippen LogP contribution in [0.5, 0.6) is 0 Å². The van der Waals surface area contributed by atoms with Gasteiger partial charge in [0.25, 0.3) is 0 Å². The summed E-state index contributed by atoms with van der Waals surface area (Å²) in [4.78, 5) is 4.69. The highest BCUT2D eigenvalue weighted by Crippen LogP contribution is 2.36. The Hall–Kier alpha value is -0.450. The van der Waals surface area contributed by atoms with E-state index in [1.165, 1.54) is 5.01 Å². The summed E-state index contributed by atoms with van der Waals surface area (Å²) >= 11 is 1.78. The Bertz CT molecular complexity index is 366. The maximum Gasteiger partial charge on any atom is 0.113 e. The molecule has 3 nitrogen and oxygen atoms in total. The number of ether oxygens (including phenoxy) is 1. The number of hydrogen-bond donors (Lipinski definition) is 1. The van der Waals surface area contributed by atoms with Gasteiger partial charge in [-0.25, -0.2) is 4.98 Å². The molecule has 2 heterocycles. The van der Waals surface area contributed by atoms with E-state index in [2.05, 4.69) is 31.5 Å². The lowest BCUT2D eigenvalue weighted by molar-refractivity contribution is -0.0206. The molecule has 1 fully saturated rings. The fourth-order valence-electron chi connectivity index (χ4n) is 2.45. The zero-order chi connectivity index (χ0) is 12.3. The van der Waals surface area contributed by atoms with Crippen molar-refractivity contribution in [1.82, 2.24) is 10.3 Å². The minimum atomic E-state index is 0.0482. The lowest BCUT2D eigenvalue weighted by atomic mass is 9.87. The standard InChI is InChI=1S/C13H22N2OS/c1-4-6-14-13(5-7-16-11(3)8-13)12-15-10(2)9-17-12/h9,11,14H,4-8H2,1-3H3. The van der Waals surface area contributed by atoms with Crippen LogP contribution in [0.2, 0.25) is 0 Å². The van der Waals surface area contributed by atoms with Crippen LogP contribution >= 0.6 is 11.3 Å². The number of aromatic nitrogens is 1. The van der Waals surface area contributed by atoms with E-state index in [-0.39, 0.29) is 5.54 Å². The molecule has 0 spiro atoms. The summed E-state index contributed by atoms with van der Waals surface area (Å²) in [5.41, 5.74) is 1.17. The van der Waals surface area contributed by atoms with Gasteiger partial charge in [-0.2, -0.15) is 0 Å². The summed E-state index contributed by atoms with van der Waals surface area (Å²) in [6.07, 6.45) is 3.53. The molecule has 0 saturated carbocycles. The molecule has 1 aromatic heterocycles. The summed E-state index contributed by atoms with van der Waals surface area (Å²) in [6, 6.07) is 0. The van der Waals surface area contributed by atoms with Crippen molar-refractivity contribution in [2.24, 2.45) is 0 Å². The van der Waals surface area contributed by atoms with Crippen LogP contribution in [0.1, 0.15) is 43.8 Å². The Morgan fingerprint density at radius 3 is 3.06 bits per heavy atom. The van der Waals surface area contributed by atoms with Gasteiger partial charge < -0.3 is 10.1 Å². The molecule has 2 atom stereocenters. The number of rotatable bonds is 4. The number of thiazole rings is 1. The van der Waals surface area contributed by atoms with Crippen molar-refractivity contribution < 1.29 is 4.74 Å². The maximum absolute atomic E-state index is 5.68. The van der Waals surface area contributed by atoms with Crippen LogP contribution in [0.15, 0.2) is 5.38 Å². The molecule has 1 aromatic rings. The van der Waals surface area contributed by atoms with Gasteiger partial charge in [0.05, 0.1) is 11.6 Å². The van der Waals surface area contributed by atoms with E-state index in [0.717, 1.165) is 38.1 Å². The topological polar surface area (TPSA) is 34.2 Å². The number of aryl methyl sites for hydroxylation is 1. The zero-order valence-corrected chi connectivity index (χ0v) is 11.8. The van der Waals surface area contributed by atoms with Gasteiger partial charge in [0, 0.05) is 17.7 Å². The largest absolute Gasteiger partial charge is 0.378 e. The van der Waals surface area contributed by atoms with Crippen LogP contribution in [0.25, 0.3) is 0 Å². The molecule has 96 valence electrons. The van der Waals surface area contributed by atoms with Crippen LogP contribution in [-0.2, 0) is 10.3 Å². The van der Waals surface area contributed by atoms with Crippen molar-refractivity contribution in [3.8, 4) is 0 Å². The first-order valence-electron chi connectivity index (χ1n) is 6.45. The molecule has 0 bridgehead atoms. The minimum Gasteiger partial charge on any atom is -0.378 e. The van der Waals surface area contributed by atoms with Gasteiger partial charge >= 0.3 is 0 Å². The Morgan fingerprint density at radius 2 is 2.47 bits per heavy atom. The van der Waals surface area contributed by atoms with Crippen LogP contribution in [-0.4, -0.2) is 24.2 Å². The van der Waals surface area contributed by atoms with Crippen molar-refractivity contribution in [2.45, 2.75) is 51.7 Å². The fourth-order valence-corrected chi connectivity index (χ4v) is 3.47. The molecule has 2 unspecified atom stereocenters. The SMILES string of the molecule is CCCNC1(c2nc(C)cs2)CCOC(C)C1.